The Bertz CT molecular complexity index is 858. The highest BCUT2D eigenvalue weighted by molar-refractivity contribution is 5.95. The first-order valence-corrected chi connectivity index (χ1v) is 9.40. The summed E-state index contributed by atoms with van der Waals surface area (Å²) < 4.78 is 0. The van der Waals surface area contributed by atoms with Gasteiger partial charge in [0.25, 0.3) is 5.91 Å². The fourth-order valence-corrected chi connectivity index (χ4v) is 3.31. The van der Waals surface area contributed by atoms with Gasteiger partial charge in [0.1, 0.15) is 5.69 Å². The minimum Gasteiger partial charge on any atom is -0.477 e. The second-order valence-corrected chi connectivity index (χ2v) is 6.94. The van der Waals surface area contributed by atoms with Crippen molar-refractivity contribution in [3.05, 3.63) is 59.4 Å². The molecule has 2 aromatic rings. The third-order valence-corrected chi connectivity index (χ3v) is 4.87. The van der Waals surface area contributed by atoms with Crippen molar-refractivity contribution in [1.82, 2.24) is 10.3 Å². The van der Waals surface area contributed by atoms with Crippen LogP contribution in [-0.2, 0) is 11.3 Å². The maximum absolute atomic E-state index is 12.4. The van der Waals surface area contributed by atoms with Gasteiger partial charge in [0.2, 0.25) is 5.91 Å². The molecule has 0 saturated heterocycles. The third kappa shape index (κ3) is 5.16. The summed E-state index contributed by atoms with van der Waals surface area (Å²) in [5.74, 6) is -1.34. The summed E-state index contributed by atoms with van der Waals surface area (Å²) in [6.45, 7) is 0.284. The zero-order valence-electron chi connectivity index (χ0n) is 15.5. The number of nitrogens with zero attached hydrogens (tertiary/aromatic N) is 1. The normalized spacial score (nSPS) is 14.3. The van der Waals surface area contributed by atoms with Crippen molar-refractivity contribution >= 4 is 23.5 Å². The molecule has 3 rings (SSSR count). The molecule has 1 saturated carbocycles. The van der Waals surface area contributed by atoms with E-state index in [1.165, 1.54) is 24.8 Å². The summed E-state index contributed by atoms with van der Waals surface area (Å²) in [5, 5.41) is 14.6. The van der Waals surface area contributed by atoms with Gasteiger partial charge in [-0.25, -0.2) is 9.78 Å². The minimum absolute atomic E-state index is 0.0606. The Balaban J connectivity index is 1.55. The smallest absolute Gasteiger partial charge is 0.354 e. The SMILES string of the molecule is O=C(NCc1cccc(NC(=O)C2CCCCC2)c1)c1ccc(C(=O)O)nc1. The molecular weight excluding hydrogens is 358 g/mol. The van der Waals surface area contributed by atoms with E-state index in [2.05, 4.69) is 15.6 Å². The number of carboxylic acids is 1. The predicted molar refractivity (Wildman–Crippen MR) is 104 cm³/mol. The van der Waals surface area contributed by atoms with Gasteiger partial charge < -0.3 is 15.7 Å². The summed E-state index contributed by atoms with van der Waals surface area (Å²) in [4.78, 5) is 39.1. The van der Waals surface area contributed by atoms with Crippen molar-refractivity contribution in [2.24, 2.45) is 5.92 Å². The van der Waals surface area contributed by atoms with Gasteiger partial charge in [0.05, 0.1) is 5.56 Å². The molecule has 0 atom stereocenters. The molecule has 1 fully saturated rings. The number of amides is 2. The van der Waals surface area contributed by atoms with Crippen LogP contribution in [0.1, 0.15) is 58.5 Å². The van der Waals surface area contributed by atoms with Crippen molar-refractivity contribution < 1.29 is 19.5 Å². The number of hydrogen-bond donors (Lipinski definition) is 3. The highest BCUT2D eigenvalue weighted by atomic mass is 16.4. The Kier molecular flexibility index (Phi) is 6.37. The van der Waals surface area contributed by atoms with Crippen molar-refractivity contribution in [3.8, 4) is 0 Å². The number of rotatable bonds is 6. The van der Waals surface area contributed by atoms with Crippen LogP contribution in [0.3, 0.4) is 0 Å². The molecule has 0 aliphatic heterocycles. The molecule has 0 bridgehead atoms. The molecule has 0 spiro atoms. The minimum atomic E-state index is -1.14. The molecule has 1 aromatic heterocycles. The number of pyridine rings is 1. The van der Waals surface area contributed by atoms with Crippen LogP contribution in [0.2, 0.25) is 0 Å². The molecule has 2 amide bonds. The van der Waals surface area contributed by atoms with Crippen molar-refractivity contribution in [1.29, 1.82) is 0 Å². The first-order chi connectivity index (χ1) is 13.5. The van der Waals surface area contributed by atoms with Gasteiger partial charge >= 0.3 is 5.97 Å². The van der Waals surface area contributed by atoms with Crippen LogP contribution in [0.25, 0.3) is 0 Å². The van der Waals surface area contributed by atoms with Crippen LogP contribution in [-0.4, -0.2) is 27.9 Å². The number of carbonyl (C=O) groups excluding carboxylic acids is 2. The lowest BCUT2D eigenvalue weighted by Gasteiger charge is -2.20. The fourth-order valence-electron chi connectivity index (χ4n) is 3.31. The van der Waals surface area contributed by atoms with E-state index >= 15 is 0 Å². The molecule has 0 radical (unpaired) electrons. The quantitative estimate of drug-likeness (QED) is 0.712. The van der Waals surface area contributed by atoms with Crippen LogP contribution < -0.4 is 10.6 Å². The number of carbonyl (C=O) groups is 3. The highest BCUT2D eigenvalue weighted by Gasteiger charge is 2.21. The summed E-state index contributed by atoms with van der Waals surface area (Å²) in [5.41, 5.74) is 1.74. The number of hydrogen-bond acceptors (Lipinski definition) is 4. The van der Waals surface area contributed by atoms with Gasteiger partial charge in [0, 0.05) is 24.3 Å². The molecule has 7 nitrogen and oxygen atoms in total. The topological polar surface area (TPSA) is 108 Å². The number of aromatic nitrogens is 1. The van der Waals surface area contributed by atoms with E-state index in [-0.39, 0.29) is 35.5 Å². The average molecular weight is 381 g/mol. The first kappa shape index (κ1) is 19.5. The number of anilines is 1. The Labute approximate surface area is 163 Å². The molecule has 146 valence electrons. The van der Waals surface area contributed by atoms with E-state index in [4.69, 9.17) is 5.11 Å². The maximum Gasteiger partial charge on any atom is 0.354 e. The zero-order chi connectivity index (χ0) is 19.9. The van der Waals surface area contributed by atoms with E-state index in [9.17, 15) is 14.4 Å². The van der Waals surface area contributed by atoms with E-state index in [0.29, 0.717) is 0 Å². The van der Waals surface area contributed by atoms with Gasteiger partial charge in [-0.05, 0) is 42.7 Å². The molecule has 1 aromatic carbocycles. The predicted octanol–water partition coefficient (Wildman–Crippen LogP) is 3.23. The van der Waals surface area contributed by atoms with E-state index in [1.54, 1.807) is 0 Å². The molecule has 1 aliphatic rings. The van der Waals surface area contributed by atoms with Gasteiger partial charge in [0.15, 0.2) is 0 Å². The van der Waals surface area contributed by atoms with E-state index in [0.717, 1.165) is 36.9 Å². The molecule has 28 heavy (non-hydrogen) atoms. The maximum atomic E-state index is 12.4. The number of nitrogens with one attached hydrogen (secondary N) is 2. The van der Waals surface area contributed by atoms with Crippen molar-refractivity contribution in [2.75, 3.05) is 5.32 Å². The third-order valence-electron chi connectivity index (χ3n) is 4.87. The zero-order valence-corrected chi connectivity index (χ0v) is 15.5. The lowest BCUT2D eigenvalue weighted by atomic mass is 9.88. The second kappa shape index (κ2) is 9.12. The van der Waals surface area contributed by atoms with E-state index < -0.39 is 5.97 Å². The Morgan fingerprint density at radius 1 is 1.07 bits per heavy atom. The van der Waals surface area contributed by atoms with E-state index in [1.807, 2.05) is 24.3 Å². The van der Waals surface area contributed by atoms with Crippen LogP contribution in [0.5, 0.6) is 0 Å². The monoisotopic (exact) mass is 381 g/mol. The molecule has 3 N–H and O–H groups in total. The molecule has 0 unspecified atom stereocenters. The summed E-state index contributed by atoms with van der Waals surface area (Å²) in [7, 11) is 0. The van der Waals surface area contributed by atoms with Crippen LogP contribution in [0.15, 0.2) is 42.6 Å². The number of carboxylic acid groups (broad SMARTS) is 1. The van der Waals surface area contributed by atoms with Crippen molar-refractivity contribution in [3.63, 3.8) is 0 Å². The lowest BCUT2D eigenvalue weighted by molar-refractivity contribution is -0.120. The van der Waals surface area contributed by atoms with Gasteiger partial charge in [-0.2, -0.15) is 0 Å². The molecular formula is C21H23N3O4. The summed E-state index contributed by atoms with van der Waals surface area (Å²) in [6.07, 6.45) is 6.53. The van der Waals surface area contributed by atoms with Crippen molar-refractivity contribution in [2.45, 2.75) is 38.6 Å². The molecule has 1 aliphatic carbocycles. The summed E-state index contributed by atoms with van der Waals surface area (Å²) in [6, 6.07) is 10.1. The summed E-state index contributed by atoms with van der Waals surface area (Å²) >= 11 is 0. The number of aromatic carboxylic acids is 1. The fraction of sp³-hybridized carbons (Fsp3) is 0.333. The van der Waals surface area contributed by atoms with Crippen LogP contribution >= 0.6 is 0 Å². The lowest BCUT2D eigenvalue weighted by Crippen LogP contribution is -2.25. The van der Waals surface area contributed by atoms with Gasteiger partial charge in [-0.15, -0.1) is 0 Å². The van der Waals surface area contributed by atoms with Crippen LogP contribution in [0, 0.1) is 5.92 Å². The standard InChI is InChI=1S/C21H23N3O4/c25-19(16-9-10-18(21(27)28)22-13-16)23-12-14-5-4-8-17(11-14)24-20(26)15-6-2-1-3-7-15/h4-5,8-11,13,15H,1-3,6-7,12H2,(H,23,25)(H,24,26)(H,27,28). The highest BCUT2D eigenvalue weighted by Crippen LogP contribution is 2.25. The molecule has 1 heterocycles. The molecule has 7 heteroatoms. The Hall–Kier alpha value is -3.22. The largest absolute Gasteiger partial charge is 0.477 e. The van der Waals surface area contributed by atoms with Gasteiger partial charge in [-0.1, -0.05) is 31.4 Å². The Morgan fingerprint density at radius 3 is 2.54 bits per heavy atom. The van der Waals surface area contributed by atoms with Gasteiger partial charge in [-0.3, -0.25) is 9.59 Å². The second-order valence-electron chi connectivity index (χ2n) is 6.94. The first-order valence-electron chi connectivity index (χ1n) is 9.40. The van der Waals surface area contributed by atoms with Crippen LogP contribution in [0.4, 0.5) is 5.69 Å². The Morgan fingerprint density at radius 2 is 1.86 bits per heavy atom. The number of benzene rings is 1. The average Bonchev–Trinajstić information content (AvgIpc) is 2.73.